The highest BCUT2D eigenvalue weighted by Gasteiger charge is 2.06. The van der Waals surface area contributed by atoms with Crippen LogP contribution in [0.25, 0.3) is 0 Å². The molecule has 0 aliphatic carbocycles. The molecular formula is C5H12ClN. The van der Waals surface area contributed by atoms with E-state index in [2.05, 4.69) is 25.6 Å². The first-order valence-electron chi connectivity index (χ1n) is 2.40. The first-order chi connectivity index (χ1) is 3.06. The Morgan fingerprint density at radius 3 is 1.86 bits per heavy atom. The Morgan fingerprint density at radius 2 is 1.86 bits per heavy atom. The number of rotatable bonds is 1. The molecule has 1 N–H and O–H groups in total. The fourth-order valence-corrected chi connectivity index (χ4v) is 0.601. The minimum atomic E-state index is 0.307. The minimum absolute atomic E-state index is 0.307. The monoisotopic (exact) mass is 121 g/mol. The molecule has 0 spiro atoms. The summed E-state index contributed by atoms with van der Waals surface area (Å²) in [6.45, 7) is 7.24. The van der Waals surface area contributed by atoms with E-state index in [4.69, 9.17) is 11.8 Å². The van der Waals surface area contributed by atoms with Crippen LogP contribution in [0, 0.1) is 5.41 Å². The van der Waals surface area contributed by atoms with E-state index >= 15 is 0 Å². The summed E-state index contributed by atoms with van der Waals surface area (Å²) in [7, 11) is 0. The van der Waals surface area contributed by atoms with Gasteiger partial charge < -0.3 is 0 Å². The van der Waals surface area contributed by atoms with Crippen LogP contribution in [0.3, 0.4) is 0 Å². The molecule has 0 aromatic rings. The van der Waals surface area contributed by atoms with Crippen LogP contribution >= 0.6 is 11.8 Å². The molecule has 0 bridgehead atoms. The average Bonchev–Trinajstić information content (AvgIpc) is 1.30. The summed E-state index contributed by atoms with van der Waals surface area (Å²) in [6, 6.07) is 0. The predicted molar refractivity (Wildman–Crippen MR) is 33.3 cm³/mol. The van der Waals surface area contributed by atoms with Gasteiger partial charge >= 0.3 is 0 Å². The zero-order chi connectivity index (χ0) is 5.91. The maximum Gasteiger partial charge on any atom is 0.0156 e. The normalized spacial score (nSPS) is 12.0. The van der Waals surface area contributed by atoms with E-state index in [-0.39, 0.29) is 0 Å². The quantitative estimate of drug-likeness (QED) is 0.522. The van der Waals surface area contributed by atoms with Crippen molar-refractivity contribution in [3.05, 3.63) is 0 Å². The third-order valence-electron chi connectivity index (χ3n) is 0.597. The Hall–Kier alpha value is 0.250. The second kappa shape index (κ2) is 2.53. The highest BCUT2D eigenvalue weighted by atomic mass is 35.5. The van der Waals surface area contributed by atoms with Gasteiger partial charge in [0, 0.05) is 6.54 Å². The van der Waals surface area contributed by atoms with Crippen molar-refractivity contribution < 1.29 is 0 Å². The third kappa shape index (κ3) is 6.25. The Balaban J connectivity index is 3.15. The summed E-state index contributed by atoms with van der Waals surface area (Å²) in [5, 5.41) is 0. The van der Waals surface area contributed by atoms with Crippen molar-refractivity contribution in [1.29, 1.82) is 0 Å². The lowest BCUT2D eigenvalue weighted by Crippen LogP contribution is -2.19. The summed E-state index contributed by atoms with van der Waals surface area (Å²) >= 11 is 5.24. The van der Waals surface area contributed by atoms with Crippen molar-refractivity contribution in [3.63, 3.8) is 0 Å². The fourth-order valence-electron chi connectivity index (χ4n) is 0.200. The molecule has 0 aromatic heterocycles. The third-order valence-corrected chi connectivity index (χ3v) is 0.731. The standard InChI is InChI=1S/C5H12ClN/c1-5(2,3)4-7-6/h7H,4H2,1-3H3. The smallest absolute Gasteiger partial charge is 0.0156 e. The van der Waals surface area contributed by atoms with Crippen molar-refractivity contribution >= 4 is 11.8 Å². The predicted octanol–water partition coefficient (Wildman–Crippen LogP) is 1.78. The lowest BCUT2D eigenvalue weighted by molar-refractivity contribution is 0.414. The summed E-state index contributed by atoms with van der Waals surface area (Å²) in [5.74, 6) is 0. The van der Waals surface area contributed by atoms with Gasteiger partial charge in [-0.15, -0.1) is 0 Å². The van der Waals surface area contributed by atoms with Gasteiger partial charge in [0.2, 0.25) is 0 Å². The Labute approximate surface area is 50.2 Å². The molecular weight excluding hydrogens is 110 g/mol. The molecule has 0 atom stereocenters. The van der Waals surface area contributed by atoms with Crippen LogP contribution in [0.5, 0.6) is 0 Å². The number of halogens is 1. The first-order valence-corrected chi connectivity index (χ1v) is 2.77. The molecule has 0 rings (SSSR count). The average molecular weight is 122 g/mol. The van der Waals surface area contributed by atoms with Crippen LogP contribution in [0.1, 0.15) is 20.8 Å². The molecule has 44 valence electrons. The molecule has 0 heterocycles. The van der Waals surface area contributed by atoms with E-state index in [0.29, 0.717) is 5.41 Å². The molecule has 0 amide bonds. The largest absolute Gasteiger partial charge is 0.233 e. The maximum atomic E-state index is 5.24. The molecule has 7 heavy (non-hydrogen) atoms. The molecule has 0 saturated heterocycles. The van der Waals surface area contributed by atoms with Crippen molar-refractivity contribution in [2.45, 2.75) is 20.8 Å². The molecule has 0 aliphatic rings. The second-order valence-electron chi connectivity index (χ2n) is 2.87. The zero-order valence-electron chi connectivity index (χ0n) is 5.09. The van der Waals surface area contributed by atoms with E-state index < -0.39 is 0 Å². The number of hydrogen-bond acceptors (Lipinski definition) is 1. The van der Waals surface area contributed by atoms with Gasteiger partial charge in [-0.2, -0.15) is 0 Å². The Bertz CT molecular complexity index is 46.5. The zero-order valence-corrected chi connectivity index (χ0v) is 5.84. The van der Waals surface area contributed by atoms with Gasteiger partial charge in [-0.25, -0.2) is 4.84 Å². The molecule has 2 heteroatoms. The number of hydrogen-bond donors (Lipinski definition) is 1. The van der Waals surface area contributed by atoms with Crippen LogP contribution in [0.15, 0.2) is 0 Å². The Kier molecular flexibility index (Phi) is 2.62. The van der Waals surface area contributed by atoms with Crippen molar-refractivity contribution in [2.24, 2.45) is 5.41 Å². The summed E-state index contributed by atoms with van der Waals surface area (Å²) in [6.07, 6.45) is 0. The maximum absolute atomic E-state index is 5.24. The summed E-state index contributed by atoms with van der Waals surface area (Å²) in [5.41, 5.74) is 0.307. The summed E-state index contributed by atoms with van der Waals surface area (Å²) < 4.78 is 0. The van der Waals surface area contributed by atoms with Gasteiger partial charge in [-0.1, -0.05) is 20.8 Å². The van der Waals surface area contributed by atoms with Crippen LogP contribution in [0.4, 0.5) is 0 Å². The van der Waals surface area contributed by atoms with Gasteiger partial charge in [-0.05, 0) is 17.2 Å². The lowest BCUT2D eigenvalue weighted by atomic mass is 9.98. The van der Waals surface area contributed by atoms with Crippen molar-refractivity contribution in [1.82, 2.24) is 4.84 Å². The van der Waals surface area contributed by atoms with Gasteiger partial charge in [0.05, 0.1) is 0 Å². The second-order valence-corrected chi connectivity index (χ2v) is 3.14. The fraction of sp³-hybridized carbons (Fsp3) is 1.00. The molecule has 0 aliphatic heterocycles. The van der Waals surface area contributed by atoms with Crippen LogP contribution in [0.2, 0.25) is 0 Å². The minimum Gasteiger partial charge on any atom is -0.233 e. The van der Waals surface area contributed by atoms with E-state index in [1.807, 2.05) is 0 Å². The molecule has 1 nitrogen and oxygen atoms in total. The highest BCUT2D eigenvalue weighted by molar-refractivity contribution is 6.13. The molecule has 0 radical (unpaired) electrons. The SMILES string of the molecule is CC(C)(C)CNCl. The number of nitrogens with one attached hydrogen (secondary N) is 1. The van der Waals surface area contributed by atoms with Crippen LogP contribution < -0.4 is 4.84 Å². The molecule has 0 unspecified atom stereocenters. The lowest BCUT2D eigenvalue weighted by Gasteiger charge is -2.14. The van der Waals surface area contributed by atoms with Gasteiger partial charge in [0.1, 0.15) is 0 Å². The highest BCUT2D eigenvalue weighted by Crippen LogP contribution is 2.09. The van der Waals surface area contributed by atoms with E-state index in [9.17, 15) is 0 Å². The summed E-state index contributed by atoms with van der Waals surface area (Å²) in [4.78, 5) is 2.58. The van der Waals surface area contributed by atoms with Crippen LogP contribution in [-0.2, 0) is 0 Å². The van der Waals surface area contributed by atoms with Gasteiger partial charge in [0.25, 0.3) is 0 Å². The molecule has 0 aromatic carbocycles. The van der Waals surface area contributed by atoms with Crippen molar-refractivity contribution in [3.8, 4) is 0 Å². The molecule has 0 fully saturated rings. The van der Waals surface area contributed by atoms with Gasteiger partial charge in [0.15, 0.2) is 0 Å². The van der Waals surface area contributed by atoms with Crippen LogP contribution in [-0.4, -0.2) is 6.54 Å². The first kappa shape index (κ1) is 7.25. The Morgan fingerprint density at radius 1 is 1.43 bits per heavy atom. The molecule has 0 saturated carbocycles. The topological polar surface area (TPSA) is 12.0 Å². The van der Waals surface area contributed by atoms with E-state index in [0.717, 1.165) is 6.54 Å². The van der Waals surface area contributed by atoms with E-state index in [1.165, 1.54) is 0 Å². The van der Waals surface area contributed by atoms with Crippen molar-refractivity contribution in [2.75, 3.05) is 6.54 Å². The van der Waals surface area contributed by atoms with E-state index in [1.54, 1.807) is 0 Å². The van der Waals surface area contributed by atoms with Gasteiger partial charge in [-0.3, -0.25) is 0 Å².